The molecule has 3 aromatic carbocycles. The van der Waals surface area contributed by atoms with Crippen LogP contribution in [0.4, 0.5) is 0 Å². The van der Waals surface area contributed by atoms with E-state index in [1.807, 2.05) is 91.9 Å². The van der Waals surface area contributed by atoms with Crippen molar-refractivity contribution in [2.75, 3.05) is 6.54 Å². The molecule has 0 bridgehead atoms. The number of hydrogen-bond acceptors (Lipinski definition) is 2. The second-order valence-corrected chi connectivity index (χ2v) is 8.50. The SMILES string of the molecule is CCCNC(=O)C(Cc1ccccc1)N(Cc1ccccc1)C(=O)CCc1ccccc1Cl. The van der Waals surface area contributed by atoms with Crippen molar-refractivity contribution >= 4 is 23.4 Å². The maximum absolute atomic E-state index is 13.5. The average Bonchev–Trinajstić information content (AvgIpc) is 2.85. The van der Waals surface area contributed by atoms with Gasteiger partial charge in [0.1, 0.15) is 6.04 Å². The first-order valence-corrected chi connectivity index (χ1v) is 11.8. The van der Waals surface area contributed by atoms with Crippen LogP contribution in [0.5, 0.6) is 0 Å². The first-order valence-electron chi connectivity index (χ1n) is 11.5. The van der Waals surface area contributed by atoms with Crippen molar-refractivity contribution < 1.29 is 9.59 Å². The van der Waals surface area contributed by atoms with Crippen molar-refractivity contribution in [1.29, 1.82) is 0 Å². The highest BCUT2D eigenvalue weighted by atomic mass is 35.5. The molecular formula is C28H31ClN2O2. The molecule has 0 saturated carbocycles. The zero-order valence-corrected chi connectivity index (χ0v) is 19.8. The smallest absolute Gasteiger partial charge is 0.243 e. The molecule has 1 atom stereocenters. The van der Waals surface area contributed by atoms with E-state index in [1.54, 1.807) is 4.90 Å². The first kappa shape index (κ1) is 24.5. The van der Waals surface area contributed by atoms with E-state index in [-0.39, 0.29) is 18.2 Å². The second kappa shape index (κ2) is 12.8. The number of amides is 2. The molecular weight excluding hydrogens is 432 g/mol. The Bertz CT molecular complexity index is 1020. The lowest BCUT2D eigenvalue weighted by atomic mass is 10.0. The zero-order valence-electron chi connectivity index (χ0n) is 19.0. The molecule has 1 unspecified atom stereocenters. The Morgan fingerprint density at radius 2 is 1.48 bits per heavy atom. The molecule has 172 valence electrons. The van der Waals surface area contributed by atoms with Gasteiger partial charge in [0.25, 0.3) is 0 Å². The van der Waals surface area contributed by atoms with Gasteiger partial charge in [-0.2, -0.15) is 0 Å². The van der Waals surface area contributed by atoms with Crippen LogP contribution in [0.25, 0.3) is 0 Å². The van der Waals surface area contributed by atoms with Gasteiger partial charge in [-0.3, -0.25) is 9.59 Å². The van der Waals surface area contributed by atoms with E-state index in [0.29, 0.717) is 31.0 Å². The molecule has 33 heavy (non-hydrogen) atoms. The molecule has 0 aliphatic heterocycles. The van der Waals surface area contributed by atoms with Gasteiger partial charge in [0.05, 0.1) is 0 Å². The van der Waals surface area contributed by atoms with Gasteiger partial charge in [-0.25, -0.2) is 0 Å². The quantitative estimate of drug-likeness (QED) is 0.412. The molecule has 0 aromatic heterocycles. The number of hydrogen-bond donors (Lipinski definition) is 1. The van der Waals surface area contributed by atoms with Gasteiger partial charge in [-0.1, -0.05) is 97.4 Å². The Balaban J connectivity index is 1.87. The Kier molecular flexibility index (Phi) is 9.52. The summed E-state index contributed by atoms with van der Waals surface area (Å²) in [6.07, 6.45) is 2.10. The number of carbonyl (C=O) groups is 2. The van der Waals surface area contributed by atoms with E-state index in [4.69, 9.17) is 11.6 Å². The molecule has 0 radical (unpaired) electrons. The minimum absolute atomic E-state index is 0.0636. The van der Waals surface area contributed by atoms with Crippen molar-refractivity contribution in [2.45, 2.75) is 45.2 Å². The van der Waals surface area contributed by atoms with E-state index in [0.717, 1.165) is 23.1 Å². The largest absolute Gasteiger partial charge is 0.354 e. The monoisotopic (exact) mass is 462 g/mol. The van der Waals surface area contributed by atoms with Crippen LogP contribution in [-0.4, -0.2) is 29.3 Å². The summed E-state index contributed by atoms with van der Waals surface area (Å²) in [5, 5.41) is 3.66. The van der Waals surface area contributed by atoms with Crippen LogP contribution in [0.1, 0.15) is 36.5 Å². The fourth-order valence-electron chi connectivity index (χ4n) is 3.79. The summed E-state index contributed by atoms with van der Waals surface area (Å²) in [4.78, 5) is 28.5. The van der Waals surface area contributed by atoms with Crippen LogP contribution in [0.15, 0.2) is 84.9 Å². The summed E-state index contributed by atoms with van der Waals surface area (Å²) in [5.41, 5.74) is 2.94. The van der Waals surface area contributed by atoms with Crippen molar-refractivity contribution in [3.8, 4) is 0 Å². The van der Waals surface area contributed by atoms with E-state index < -0.39 is 6.04 Å². The molecule has 3 aromatic rings. The van der Waals surface area contributed by atoms with Gasteiger partial charge in [0, 0.05) is 31.0 Å². The van der Waals surface area contributed by atoms with Crippen LogP contribution in [0.2, 0.25) is 5.02 Å². The summed E-state index contributed by atoms with van der Waals surface area (Å²) in [5.74, 6) is -0.186. The predicted octanol–water partition coefficient (Wildman–Crippen LogP) is 5.44. The molecule has 0 fully saturated rings. The minimum atomic E-state index is -0.599. The summed E-state index contributed by atoms with van der Waals surface area (Å²) < 4.78 is 0. The number of benzene rings is 3. The third-order valence-electron chi connectivity index (χ3n) is 5.58. The van der Waals surface area contributed by atoms with Gasteiger partial charge in [0.2, 0.25) is 11.8 Å². The van der Waals surface area contributed by atoms with Crippen LogP contribution in [0.3, 0.4) is 0 Å². The lowest BCUT2D eigenvalue weighted by molar-refractivity contribution is -0.141. The number of carbonyl (C=O) groups excluding carboxylic acids is 2. The highest BCUT2D eigenvalue weighted by molar-refractivity contribution is 6.31. The summed E-state index contributed by atoms with van der Waals surface area (Å²) in [7, 11) is 0. The lowest BCUT2D eigenvalue weighted by Gasteiger charge is -2.31. The standard InChI is InChI=1S/C28H31ClN2O2/c1-2-19-30-28(33)26(20-22-11-5-3-6-12-22)31(21-23-13-7-4-8-14-23)27(32)18-17-24-15-9-10-16-25(24)29/h3-16,26H,2,17-21H2,1H3,(H,30,33). The molecule has 0 saturated heterocycles. The predicted molar refractivity (Wildman–Crippen MR) is 134 cm³/mol. The Hall–Kier alpha value is -3.11. The molecule has 4 nitrogen and oxygen atoms in total. The second-order valence-electron chi connectivity index (χ2n) is 8.10. The maximum Gasteiger partial charge on any atom is 0.243 e. The molecule has 0 heterocycles. The molecule has 1 N–H and O–H groups in total. The highest BCUT2D eigenvalue weighted by Gasteiger charge is 2.30. The van der Waals surface area contributed by atoms with Gasteiger partial charge >= 0.3 is 0 Å². The normalized spacial score (nSPS) is 11.6. The number of nitrogens with zero attached hydrogens (tertiary/aromatic N) is 1. The van der Waals surface area contributed by atoms with Gasteiger partial charge in [-0.15, -0.1) is 0 Å². The topological polar surface area (TPSA) is 49.4 Å². The number of rotatable bonds is 11. The van der Waals surface area contributed by atoms with Crippen LogP contribution in [0, 0.1) is 0 Å². The van der Waals surface area contributed by atoms with Crippen LogP contribution >= 0.6 is 11.6 Å². The fourth-order valence-corrected chi connectivity index (χ4v) is 4.02. The molecule has 5 heteroatoms. The Labute approximate surface area is 201 Å². The maximum atomic E-state index is 13.5. The van der Waals surface area contributed by atoms with Crippen LogP contribution < -0.4 is 5.32 Å². The lowest BCUT2D eigenvalue weighted by Crippen LogP contribution is -2.50. The Morgan fingerprint density at radius 1 is 0.879 bits per heavy atom. The van der Waals surface area contributed by atoms with E-state index in [9.17, 15) is 9.59 Å². The van der Waals surface area contributed by atoms with E-state index in [2.05, 4.69) is 5.32 Å². The number of halogens is 1. The molecule has 3 rings (SSSR count). The van der Waals surface area contributed by atoms with Crippen molar-refractivity contribution in [3.05, 3.63) is 107 Å². The summed E-state index contributed by atoms with van der Waals surface area (Å²) in [6, 6.07) is 26.6. The van der Waals surface area contributed by atoms with Crippen molar-refractivity contribution in [2.24, 2.45) is 0 Å². The van der Waals surface area contributed by atoms with E-state index >= 15 is 0 Å². The fraction of sp³-hybridized carbons (Fsp3) is 0.286. The van der Waals surface area contributed by atoms with Gasteiger partial charge in [-0.05, 0) is 35.6 Å². The molecule has 0 aliphatic rings. The summed E-state index contributed by atoms with van der Waals surface area (Å²) >= 11 is 6.31. The minimum Gasteiger partial charge on any atom is -0.354 e. The zero-order chi connectivity index (χ0) is 23.5. The highest BCUT2D eigenvalue weighted by Crippen LogP contribution is 2.20. The first-order chi connectivity index (χ1) is 16.1. The molecule has 2 amide bonds. The van der Waals surface area contributed by atoms with E-state index in [1.165, 1.54) is 0 Å². The van der Waals surface area contributed by atoms with Crippen molar-refractivity contribution in [1.82, 2.24) is 10.2 Å². The number of nitrogens with one attached hydrogen (secondary N) is 1. The third kappa shape index (κ3) is 7.47. The summed E-state index contributed by atoms with van der Waals surface area (Å²) in [6.45, 7) is 2.97. The number of aryl methyl sites for hydroxylation is 1. The third-order valence-corrected chi connectivity index (χ3v) is 5.95. The van der Waals surface area contributed by atoms with Gasteiger partial charge in [0.15, 0.2) is 0 Å². The average molecular weight is 463 g/mol. The van der Waals surface area contributed by atoms with Gasteiger partial charge < -0.3 is 10.2 Å². The molecule has 0 aliphatic carbocycles. The Morgan fingerprint density at radius 3 is 2.12 bits per heavy atom. The van der Waals surface area contributed by atoms with Crippen molar-refractivity contribution in [3.63, 3.8) is 0 Å². The van der Waals surface area contributed by atoms with Crippen LogP contribution in [-0.2, 0) is 29.0 Å². The molecule has 0 spiro atoms.